The quantitative estimate of drug-likeness (QED) is 0.335. The zero-order valence-electron chi connectivity index (χ0n) is 15.3. The van der Waals surface area contributed by atoms with Crippen molar-refractivity contribution in [1.29, 1.82) is 0 Å². The average Bonchev–Trinajstić information content (AvgIpc) is 2.69. The Balaban J connectivity index is 1.69. The van der Waals surface area contributed by atoms with Crippen molar-refractivity contribution in [2.24, 2.45) is 0 Å². The highest BCUT2D eigenvalue weighted by Crippen LogP contribution is 2.30. The zero-order chi connectivity index (χ0) is 20.5. The summed E-state index contributed by atoms with van der Waals surface area (Å²) in [5.74, 6) is 0.00637. The van der Waals surface area contributed by atoms with E-state index in [0.717, 1.165) is 16.5 Å². The van der Waals surface area contributed by atoms with Gasteiger partial charge in [0.05, 0.1) is 10.6 Å². The Morgan fingerprint density at radius 3 is 2.52 bits per heavy atom. The Kier molecular flexibility index (Phi) is 5.31. The Hall–Kier alpha value is -2.82. The molecule has 146 valence electrons. The van der Waals surface area contributed by atoms with Gasteiger partial charge in [-0.1, -0.05) is 41.4 Å². The zero-order valence-corrected chi connectivity index (χ0v) is 16.9. The van der Waals surface area contributed by atoms with E-state index >= 15 is 0 Å². The average molecular weight is 429 g/mol. The Bertz CT molecular complexity index is 1240. The van der Waals surface area contributed by atoms with Crippen molar-refractivity contribution in [2.45, 2.75) is 13.5 Å². The molecule has 0 saturated carbocycles. The predicted molar refractivity (Wildman–Crippen MR) is 113 cm³/mol. The molecule has 0 aliphatic heterocycles. The summed E-state index contributed by atoms with van der Waals surface area (Å²) in [6, 6.07) is 16.6. The van der Waals surface area contributed by atoms with Crippen LogP contribution in [0.3, 0.4) is 0 Å². The topological polar surface area (TPSA) is 39.4 Å². The van der Waals surface area contributed by atoms with Crippen molar-refractivity contribution in [3.8, 4) is 16.9 Å². The van der Waals surface area contributed by atoms with E-state index in [1.165, 1.54) is 12.1 Å². The minimum absolute atomic E-state index is 0.0386. The van der Waals surface area contributed by atoms with Gasteiger partial charge in [-0.25, -0.2) is 9.18 Å². The van der Waals surface area contributed by atoms with Crippen molar-refractivity contribution in [2.75, 3.05) is 0 Å². The molecule has 0 radical (unpaired) electrons. The first-order valence-electron chi connectivity index (χ1n) is 8.83. The summed E-state index contributed by atoms with van der Waals surface area (Å²) in [4.78, 5) is 12.6. The van der Waals surface area contributed by atoms with Crippen LogP contribution in [0.25, 0.3) is 22.1 Å². The second kappa shape index (κ2) is 7.90. The molecule has 3 nitrogen and oxygen atoms in total. The van der Waals surface area contributed by atoms with Gasteiger partial charge in [0.15, 0.2) is 0 Å². The molecule has 0 amide bonds. The van der Waals surface area contributed by atoms with E-state index in [2.05, 4.69) is 0 Å². The van der Waals surface area contributed by atoms with Gasteiger partial charge in [-0.2, -0.15) is 0 Å². The van der Waals surface area contributed by atoms with Crippen molar-refractivity contribution in [3.05, 3.63) is 98.1 Å². The van der Waals surface area contributed by atoms with Gasteiger partial charge in [0.2, 0.25) is 0 Å². The fourth-order valence-electron chi connectivity index (χ4n) is 3.20. The summed E-state index contributed by atoms with van der Waals surface area (Å²) >= 11 is 12.0. The van der Waals surface area contributed by atoms with Crippen LogP contribution in [0.1, 0.15) is 11.1 Å². The first kappa shape index (κ1) is 19.5. The standard InChI is InChI=1S/C23H15Cl2FO3/c1-13-17-10-9-16(28-12-18-19(25)3-2-4-20(18)26)11-21(17)29-23(27)22(13)14-5-7-15(24)8-6-14/h2-11H,12H2,1H3. The molecular weight excluding hydrogens is 414 g/mol. The monoisotopic (exact) mass is 428 g/mol. The van der Waals surface area contributed by atoms with Gasteiger partial charge in [0.25, 0.3) is 0 Å². The number of halogens is 3. The highest BCUT2D eigenvalue weighted by Gasteiger charge is 2.14. The second-order valence-corrected chi connectivity index (χ2v) is 7.39. The summed E-state index contributed by atoms with van der Waals surface area (Å²) in [6.45, 7) is 1.83. The number of fused-ring (bicyclic) bond motifs is 1. The first-order chi connectivity index (χ1) is 13.9. The van der Waals surface area contributed by atoms with Gasteiger partial charge >= 0.3 is 5.63 Å². The molecule has 0 unspecified atom stereocenters. The van der Waals surface area contributed by atoms with Crippen LogP contribution >= 0.6 is 23.2 Å². The van der Waals surface area contributed by atoms with Crippen LogP contribution < -0.4 is 10.4 Å². The van der Waals surface area contributed by atoms with Crippen LogP contribution in [-0.4, -0.2) is 0 Å². The molecule has 4 rings (SSSR count). The first-order valence-corrected chi connectivity index (χ1v) is 9.59. The minimum atomic E-state index is -0.452. The molecule has 1 heterocycles. The van der Waals surface area contributed by atoms with Gasteiger partial charge in [-0.05, 0) is 54.4 Å². The van der Waals surface area contributed by atoms with E-state index in [1.54, 1.807) is 42.5 Å². The largest absolute Gasteiger partial charge is 0.489 e. The highest BCUT2D eigenvalue weighted by atomic mass is 35.5. The highest BCUT2D eigenvalue weighted by molar-refractivity contribution is 6.31. The second-order valence-electron chi connectivity index (χ2n) is 6.54. The van der Waals surface area contributed by atoms with Crippen LogP contribution in [0.15, 0.2) is 69.9 Å². The van der Waals surface area contributed by atoms with E-state index < -0.39 is 11.4 Å². The summed E-state index contributed by atoms with van der Waals surface area (Å²) < 4.78 is 25.1. The lowest BCUT2D eigenvalue weighted by molar-refractivity contribution is 0.300. The Labute approximate surface area is 176 Å². The number of hydrogen-bond acceptors (Lipinski definition) is 3. The molecule has 4 aromatic rings. The summed E-state index contributed by atoms with van der Waals surface area (Å²) in [5.41, 5.74) is 2.22. The fraction of sp³-hybridized carbons (Fsp3) is 0.0870. The molecule has 0 atom stereocenters. The van der Waals surface area contributed by atoms with Crippen molar-refractivity contribution >= 4 is 34.2 Å². The van der Waals surface area contributed by atoms with E-state index in [1.807, 2.05) is 13.0 Å². The summed E-state index contributed by atoms with van der Waals surface area (Å²) in [7, 11) is 0. The molecule has 3 aromatic carbocycles. The number of benzene rings is 3. The number of rotatable bonds is 4. The molecule has 0 saturated heterocycles. The predicted octanol–water partition coefficient (Wildman–Crippen LogP) is 6.79. The van der Waals surface area contributed by atoms with Crippen LogP contribution in [0, 0.1) is 12.7 Å². The lowest BCUT2D eigenvalue weighted by Crippen LogP contribution is -2.06. The lowest BCUT2D eigenvalue weighted by atomic mass is 10.00. The molecule has 0 N–H and O–H groups in total. The van der Waals surface area contributed by atoms with E-state index in [9.17, 15) is 9.18 Å². The fourth-order valence-corrected chi connectivity index (χ4v) is 3.55. The van der Waals surface area contributed by atoms with Crippen LogP contribution in [0.2, 0.25) is 10.0 Å². The maximum Gasteiger partial charge on any atom is 0.344 e. The Morgan fingerprint density at radius 1 is 1.03 bits per heavy atom. The minimum Gasteiger partial charge on any atom is -0.489 e. The van der Waals surface area contributed by atoms with Gasteiger partial charge in [0, 0.05) is 22.0 Å². The molecule has 0 aliphatic carbocycles. The molecule has 0 aliphatic rings. The maximum absolute atomic E-state index is 13.9. The van der Waals surface area contributed by atoms with Gasteiger partial charge in [0.1, 0.15) is 23.8 Å². The molecule has 0 bridgehead atoms. The molecular formula is C23H15Cl2FO3. The third-order valence-corrected chi connectivity index (χ3v) is 5.32. The smallest absolute Gasteiger partial charge is 0.344 e. The molecule has 1 aromatic heterocycles. The number of hydrogen-bond donors (Lipinski definition) is 0. The van der Waals surface area contributed by atoms with Crippen LogP contribution in [-0.2, 0) is 6.61 Å². The molecule has 0 spiro atoms. The van der Waals surface area contributed by atoms with Crippen molar-refractivity contribution in [3.63, 3.8) is 0 Å². The van der Waals surface area contributed by atoms with Gasteiger partial charge in [-0.15, -0.1) is 0 Å². The third-order valence-electron chi connectivity index (χ3n) is 4.72. The maximum atomic E-state index is 13.9. The van der Waals surface area contributed by atoms with Crippen LogP contribution in [0.5, 0.6) is 5.75 Å². The summed E-state index contributed by atoms with van der Waals surface area (Å²) in [5, 5.41) is 1.67. The van der Waals surface area contributed by atoms with E-state index in [4.69, 9.17) is 32.4 Å². The lowest BCUT2D eigenvalue weighted by Gasteiger charge is -2.11. The molecule has 29 heavy (non-hydrogen) atoms. The third kappa shape index (κ3) is 3.86. The summed E-state index contributed by atoms with van der Waals surface area (Å²) in [6.07, 6.45) is 0. The van der Waals surface area contributed by atoms with Gasteiger partial charge in [-0.3, -0.25) is 0 Å². The SMILES string of the molecule is Cc1c(-c2ccc(Cl)cc2)c(=O)oc2cc(OCc3c(F)cccc3Cl)ccc12. The van der Waals surface area contributed by atoms with E-state index in [0.29, 0.717) is 26.9 Å². The van der Waals surface area contributed by atoms with Gasteiger partial charge < -0.3 is 9.15 Å². The molecule has 6 heteroatoms. The van der Waals surface area contributed by atoms with Crippen molar-refractivity contribution in [1.82, 2.24) is 0 Å². The number of ether oxygens (including phenoxy) is 1. The number of aryl methyl sites for hydroxylation is 1. The normalized spacial score (nSPS) is 11.0. The van der Waals surface area contributed by atoms with E-state index in [-0.39, 0.29) is 12.2 Å². The molecule has 0 fully saturated rings. The van der Waals surface area contributed by atoms with Crippen molar-refractivity contribution < 1.29 is 13.5 Å². The Morgan fingerprint density at radius 2 is 1.79 bits per heavy atom. The van der Waals surface area contributed by atoms with Crippen LogP contribution in [0.4, 0.5) is 4.39 Å².